The Kier molecular flexibility index (Phi) is 2.47. The fourth-order valence-corrected chi connectivity index (χ4v) is 3.45. The highest BCUT2D eigenvalue weighted by Crippen LogP contribution is 2.54. The third kappa shape index (κ3) is 1.32. The summed E-state index contributed by atoms with van der Waals surface area (Å²) in [6.45, 7) is 0. The summed E-state index contributed by atoms with van der Waals surface area (Å²) in [5.41, 5.74) is 3.46. The van der Waals surface area contributed by atoms with E-state index in [2.05, 4.69) is 33.7 Å². The van der Waals surface area contributed by atoms with Crippen LogP contribution in [-0.4, -0.2) is 0 Å². The van der Waals surface area contributed by atoms with Gasteiger partial charge in [0.15, 0.2) is 0 Å². The van der Waals surface area contributed by atoms with Gasteiger partial charge in [0.1, 0.15) is 0 Å². The van der Waals surface area contributed by atoms with Crippen molar-refractivity contribution in [3.8, 4) is 0 Å². The van der Waals surface area contributed by atoms with E-state index < -0.39 is 0 Å². The Balaban J connectivity index is 0.000000750. The summed E-state index contributed by atoms with van der Waals surface area (Å²) < 4.78 is 0. The number of hydrogen-bond acceptors (Lipinski definition) is 3. The molecular weight excluding hydrogens is 210 g/mol. The summed E-state index contributed by atoms with van der Waals surface area (Å²) in [6, 6.07) is 4.55. The molecule has 1 nitrogen and oxygen atoms in total. The predicted molar refractivity (Wildman–Crippen MR) is 63.7 cm³/mol. The molecule has 3 rings (SSSR count). The van der Waals surface area contributed by atoms with Gasteiger partial charge < -0.3 is 6.15 Å². The van der Waals surface area contributed by atoms with Crippen molar-refractivity contribution in [3.63, 3.8) is 0 Å². The topological polar surface area (TPSA) is 35.0 Å². The zero-order valence-electron chi connectivity index (χ0n) is 7.90. The van der Waals surface area contributed by atoms with E-state index in [-0.39, 0.29) is 6.15 Å². The molecule has 0 aromatic carbocycles. The summed E-state index contributed by atoms with van der Waals surface area (Å²) in [4.78, 5) is 0. The molecule has 74 valence electrons. The maximum absolute atomic E-state index is 2.30. The van der Waals surface area contributed by atoms with E-state index in [9.17, 15) is 0 Å². The quantitative estimate of drug-likeness (QED) is 0.819. The van der Waals surface area contributed by atoms with Gasteiger partial charge in [-0.1, -0.05) is 0 Å². The van der Waals surface area contributed by atoms with E-state index in [1.165, 1.54) is 24.0 Å². The fraction of sp³-hybridized carbons (Fsp3) is 0.273. The summed E-state index contributed by atoms with van der Waals surface area (Å²) in [5, 5.41) is 8.96. The monoisotopic (exact) mass is 223 g/mol. The third-order valence-electron chi connectivity index (χ3n) is 2.90. The van der Waals surface area contributed by atoms with Crippen LogP contribution in [0.25, 0.3) is 0 Å². The van der Waals surface area contributed by atoms with Crippen molar-refractivity contribution >= 4 is 22.7 Å². The summed E-state index contributed by atoms with van der Waals surface area (Å²) in [5.74, 6) is 0. The minimum absolute atomic E-state index is 0. The highest BCUT2D eigenvalue weighted by Gasteiger charge is 2.46. The first-order valence-electron chi connectivity index (χ1n) is 4.47. The van der Waals surface area contributed by atoms with Gasteiger partial charge in [-0.25, -0.2) is 0 Å². The van der Waals surface area contributed by atoms with Crippen molar-refractivity contribution in [2.75, 3.05) is 0 Å². The Hall–Kier alpha value is -0.640. The van der Waals surface area contributed by atoms with E-state index >= 15 is 0 Å². The lowest BCUT2D eigenvalue weighted by Crippen LogP contribution is -2.04. The first kappa shape index (κ1) is 9.90. The molecule has 14 heavy (non-hydrogen) atoms. The molecule has 2 aromatic rings. The molecule has 1 aliphatic rings. The Bertz CT molecular complexity index is 349. The summed E-state index contributed by atoms with van der Waals surface area (Å²) in [6.07, 6.45) is 2.67. The predicted octanol–water partition coefficient (Wildman–Crippen LogP) is 4.05. The summed E-state index contributed by atoms with van der Waals surface area (Å²) >= 11 is 3.61. The normalized spacial score (nSPS) is 17.4. The van der Waals surface area contributed by atoms with E-state index in [0.29, 0.717) is 5.41 Å². The minimum atomic E-state index is 0. The van der Waals surface area contributed by atoms with Gasteiger partial charge in [-0.2, -0.15) is 22.7 Å². The molecule has 0 amide bonds. The molecule has 0 bridgehead atoms. The SMILES string of the molecule is N.c1cc(C2(c3ccsc3)CC2)cs1. The lowest BCUT2D eigenvalue weighted by molar-refractivity contribution is 0.859. The summed E-state index contributed by atoms with van der Waals surface area (Å²) in [7, 11) is 0. The Morgan fingerprint density at radius 3 is 1.71 bits per heavy atom. The van der Waals surface area contributed by atoms with Crippen molar-refractivity contribution in [3.05, 3.63) is 44.8 Å². The fourth-order valence-electron chi connectivity index (χ4n) is 1.94. The smallest absolute Gasteiger partial charge is 0.0220 e. The molecule has 1 aliphatic carbocycles. The second kappa shape index (κ2) is 3.50. The molecule has 0 unspecified atom stereocenters. The first-order chi connectivity index (χ1) is 6.42. The Labute approximate surface area is 92.0 Å². The Morgan fingerprint density at radius 2 is 1.43 bits per heavy atom. The molecule has 2 heterocycles. The zero-order chi connectivity index (χ0) is 8.73. The van der Waals surface area contributed by atoms with Crippen LogP contribution in [0, 0.1) is 0 Å². The van der Waals surface area contributed by atoms with Crippen molar-refractivity contribution in [2.24, 2.45) is 0 Å². The molecule has 0 atom stereocenters. The molecule has 2 aromatic heterocycles. The molecular formula is C11H13NS2. The average Bonchev–Trinajstić information content (AvgIpc) is 2.68. The molecule has 0 radical (unpaired) electrons. The van der Waals surface area contributed by atoms with Gasteiger partial charge in [0.05, 0.1) is 0 Å². The van der Waals surface area contributed by atoms with Gasteiger partial charge in [-0.05, 0) is 57.6 Å². The van der Waals surface area contributed by atoms with E-state index in [0.717, 1.165) is 0 Å². The van der Waals surface area contributed by atoms with E-state index in [1.54, 1.807) is 0 Å². The van der Waals surface area contributed by atoms with Crippen LogP contribution < -0.4 is 6.15 Å². The number of rotatable bonds is 2. The number of hydrogen-bond donors (Lipinski definition) is 1. The molecule has 1 saturated carbocycles. The molecule has 0 spiro atoms. The second-order valence-corrected chi connectivity index (χ2v) is 5.17. The van der Waals surface area contributed by atoms with Crippen LogP contribution in [0.4, 0.5) is 0 Å². The third-order valence-corrected chi connectivity index (χ3v) is 4.26. The standard InChI is InChI=1S/C11H10S2.H3N/c1-5-12-7-9(1)11(3-4-11)10-2-6-13-8-10;/h1-2,5-8H,3-4H2;1H3. The van der Waals surface area contributed by atoms with Gasteiger partial charge in [0.2, 0.25) is 0 Å². The highest BCUT2D eigenvalue weighted by molar-refractivity contribution is 7.08. The van der Waals surface area contributed by atoms with Crippen molar-refractivity contribution in [1.82, 2.24) is 6.15 Å². The zero-order valence-corrected chi connectivity index (χ0v) is 9.53. The van der Waals surface area contributed by atoms with Crippen LogP contribution in [0.15, 0.2) is 33.7 Å². The van der Waals surface area contributed by atoms with Crippen molar-refractivity contribution < 1.29 is 0 Å². The lowest BCUT2D eigenvalue weighted by Gasteiger charge is -2.10. The van der Waals surface area contributed by atoms with Crippen LogP contribution in [0.2, 0.25) is 0 Å². The van der Waals surface area contributed by atoms with Crippen LogP contribution in [0.3, 0.4) is 0 Å². The van der Waals surface area contributed by atoms with Gasteiger partial charge in [-0.3, -0.25) is 0 Å². The minimum Gasteiger partial charge on any atom is -0.344 e. The van der Waals surface area contributed by atoms with E-state index in [4.69, 9.17) is 0 Å². The maximum atomic E-state index is 2.30. The van der Waals surface area contributed by atoms with Gasteiger partial charge in [-0.15, -0.1) is 0 Å². The van der Waals surface area contributed by atoms with Crippen molar-refractivity contribution in [1.29, 1.82) is 0 Å². The van der Waals surface area contributed by atoms with Gasteiger partial charge in [0, 0.05) is 5.41 Å². The molecule has 3 N–H and O–H groups in total. The molecule has 0 saturated heterocycles. The van der Waals surface area contributed by atoms with Gasteiger partial charge in [0.25, 0.3) is 0 Å². The highest BCUT2D eigenvalue weighted by atomic mass is 32.1. The van der Waals surface area contributed by atoms with E-state index in [1.807, 2.05) is 22.7 Å². The second-order valence-electron chi connectivity index (χ2n) is 3.61. The first-order valence-corrected chi connectivity index (χ1v) is 6.36. The van der Waals surface area contributed by atoms with Gasteiger partial charge >= 0.3 is 0 Å². The molecule has 3 heteroatoms. The molecule has 0 aliphatic heterocycles. The van der Waals surface area contributed by atoms with Crippen LogP contribution in [-0.2, 0) is 5.41 Å². The van der Waals surface area contributed by atoms with Crippen LogP contribution in [0.5, 0.6) is 0 Å². The largest absolute Gasteiger partial charge is 0.344 e. The van der Waals surface area contributed by atoms with Crippen LogP contribution >= 0.6 is 22.7 Å². The van der Waals surface area contributed by atoms with Crippen LogP contribution in [0.1, 0.15) is 24.0 Å². The van der Waals surface area contributed by atoms with Crippen molar-refractivity contribution in [2.45, 2.75) is 18.3 Å². The lowest BCUT2D eigenvalue weighted by atomic mass is 9.92. The number of thiophene rings is 2. The average molecular weight is 223 g/mol. The Morgan fingerprint density at radius 1 is 0.929 bits per heavy atom. The molecule has 1 fully saturated rings. The maximum Gasteiger partial charge on any atom is 0.0220 e.